The normalized spacial score (nSPS) is 22.2. The minimum absolute atomic E-state index is 0.0599. The second-order valence-electron chi connectivity index (χ2n) is 6.21. The van der Waals surface area contributed by atoms with Gasteiger partial charge in [0.05, 0.1) is 5.92 Å². The number of amides is 1. The van der Waals surface area contributed by atoms with E-state index < -0.39 is 0 Å². The lowest BCUT2D eigenvalue weighted by Gasteiger charge is -2.32. The third-order valence-electron chi connectivity index (χ3n) is 4.62. The summed E-state index contributed by atoms with van der Waals surface area (Å²) < 4.78 is 5.38. The molecular formula is C17H24N2O2. The van der Waals surface area contributed by atoms with Crippen molar-refractivity contribution in [2.75, 3.05) is 38.7 Å². The SMILES string of the molecule is CN(CC1CCOCC1)C(=O)C1CNc2ccccc2C1. The number of nitrogens with zero attached hydrogens (tertiary/aromatic N) is 1. The van der Waals surface area contributed by atoms with Crippen molar-refractivity contribution in [1.82, 2.24) is 4.90 Å². The van der Waals surface area contributed by atoms with Gasteiger partial charge in [-0.3, -0.25) is 4.79 Å². The fourth-order valence-corrected chi connectivity index (χ4v) is 3.33. The molecule has 114 valence electrons. The Balaban J connectivity index is 1.58. The number of hydrogen-bond acceptors (Lipinski definition) is 3. The number of rotatable bonds is 3. The van der Waals surface area contributed by atoms with Crippen molar-refractivity contribution in [3.8, 4) is 0 Å². The van der Waals surface area contributed by atoms with E-state index in [9.17, 15) is 4.79 Å². The van der Waals surface area contributed by atoms with Gasteiger partial charge in [0.2, 0.25) is 5.91 Å². The molecule has 0 aliphatic carbocycles. The smallest absolute Gasteiger partial charge is 0.227 e. The Labute approximate surface area is 126 Å². The van der Waals surface area contributed by atoms with Crippen LogP contribution in [-0.4, -0.2) is 44.2 Å². The summed E-state index contributed by atoms with van der Waals surface area (Å²) in [4.78, 5) is 14.6. The summed E-state index contributed by atoms with van der Waals surface area (Å²) in [5.74, 6) is 0.921. The van der Waals surface area contributed by atoms with Gasteiger partial charge in [0.25, 0.3) is 0 Å². The molecule has 0 bridgehead atoms. The molecule has 0 spiro atoms. The van der Waals surface area contributed by atoms with Crippen LogP contribution in [-0.2, 0) is 16.0 Å². The molecule has 1 aromatic carbocycles. The topological polar surface area (TPSA) is 41.6 Å². The van der Waals surface area contributed by atoms with Gasteiger partial charge < -0.3 is 15.0 Å². The van der Waals surface area contributed by atoms with Crippen LogP contribution in [0.3, 0.4) is 0 Å². The van der Waals surface area contributed by atoms with Crippen LogP contribution in [0.5, 0.6) is 0 Å². The predicted molar refractivity (Wildman–Crippen MR) is 83.3 cm³/mol. The second kappa shape index (κ2) is 6.48. The fourth-order valence-electron chi connectivity index (χ4n) is 3.33. The van der Waals surface area contributed by atoms with Crippen LogP contribution in [0.15, 0.2) is 24.3 Å². The van der Waals surface area contributed by atoms with Crippen LogP contribution in [0.1, 0.15) is 18.4 Å². The molecule has 3 rings (SSSR count). The largest absolute Gasteiger partial charge is 0.384 e. The predicted octanol–water partition coefficient (Wildman–Crippen LogP) is 2.16. The number of carbonyl (C=O) groups is 1. The van der Waals surface area contributed by atoms with Crippen LogP contribution in [0.4, 0.5) is 5.69 Å². The van der Waals surface area contributed by atoms with Gasteiger partial charge in [-0.2, -0.15) is 0 Å². The lowest BCUT2D eigenvalue weighted by Crippen LogP contribution is -2.42. The van der Waals surface area contributed by atoms with E-state index in [4.69, 9.17) is 4.74 Å². The van der Waals surface area contributed by atoms with Gasteiger partial charge in [0, 0.05) is 39.0 Å². The van der Waals surface area contributed by atoms with Gasteiger partial charge in [0.15, 0.2) is 0 Å². The molecule has 2 aliphatic heterocycles. The third kappa shape index (κ3) is 3.38. The van der Waals surface area contributed by atoms with Crippen molar-refractivity contribution >= 4 is 11.6 Å². The number of nitrogens with one attached hydrogen (secondary N) is 1. The highest BCUT2D eigenvalue weighted by Gasteiger charge is 2.28. The minimum Gasteiger partial charge on any atom is -0.384 e. The van der Waals surface area contributed by atoms with Crippen molar-refractivity contribution in [3.05, 3.63) is 29.8 Å². The van der Waals surface area contributed by atoms with E-state index in [2.05, 4.69) is 17.4 Å². The average Bonchev–Trinajstić information content (AvgIpc) is 2.54. The summed E-state index contributed by atoms with van der Waals surface area (Å²) in [5.41, 5.74) is 2.43. The lowest BCUT2D eigenvalue weighted by molar-refractivity contribution is -0.134. The standard InChI is InChI=1S/C17H24N2O2/c1-19(12-13-6-8-21-9-7-13)17(20)15-10-14-4-2-3-5-16(14)18-11-15/h2-5,13,15,18H,6-12H2,1H3. The number of carbonyl (C=O) groups excluding carboxylic acids is 1. The molecule has 2 heterocycles. The van der Waals surface area contributed by atoms with Crippen molar-refractivity contribution in [2.24, 2.45) is 11.8 Å². The maximum atomic E-state index is 12.6. The Morgan fingerprint density at radius 2 is 2.10 bits per heavy atom. The van der Waals surface area contributed by atoms with Gasteiger partial charge in [-0.05, 0) is 36.8 Å². The number of benzene rings is 1. The molecule has 1 unspecified atom stereocenters. The Morgan fingerprint density at radius 1 is 1.33 bits per heavy atom. The van der Waals surface area contributed by atoms with E-state index in [-0.39, 0.29) is 11.8 Å². The van der Waals surface area contributed by atoms with Gasteiger partial charge in [-0.25, -0.2) is 0 Å². The van der Waals surface area contributed by atoms with Gasteiger partial charge in [-0.1, -0.05) is 18.2 Å². The Kier molecular flexibility index (Phi) is 4.44. The first-order chi connectivity index (χ1) is 10.2. The maximum absolute atomic E-state index is 12.6. The molecule has 1 atom stereocenters. The van der Waals surface area contributed by atoms with E-state index in [1.54, 1.807) is 0 Å². The zero-order valence-electron chi connectivity index (χ0n) is 12.7. The number of ether oxygens (including phenoxy) is 1. The lowest BCUT2D eigenvalue weighted by atomic mass is 9.92. The summed E-state index contributed by atoms with van der Waals surface area (Å²) >= 11 is 0. The molecule has 1 aromatic rings. The van der Waals surface area contributed by atoms with E-state index >= 15 is 0 Å². The summed E-state index contributed by atoms with van der Waals surface area (Å²) in [6.45, 7) is 3.28. The number of fused-ring (bicyclic) bond motifs is 1. The Morgan fingerprint density at radius 3 is 2.90 bits per heavy atom. The van der Waals surface area contributed by atoms with Crippen molar-refractivity contribution in [1.29, 1.82) is 0 Å². The summed E-state index contributed by atoms with van der Waals surface area (Å²) in [7, 11) is 1.94. The summed E-state index contributed by atoms with van der Waals surface area (Å²) in [6.07, 6.45) is 2.99. The highest BCUT2D eigenvalue weighted by molar-refractivity contribution is 5.80. The van der Waals surface area contributed by atoms with Crippen LogP contribution >= 0.6 is 0 Å². The molecule has 2 aliphatic rings. The van der Waals surface area contributed by atoms with Crippen LogP contribution < -0.4 is 5.32 Å². The zero-order valence-corrected chi connectivity index (χ0v) is 12.7. The molecule has 1 fully saturated rings. The van der Waals surface area contributed by atoms with Crippen LogP contribution in [0.2, 0.25) is 0 Å². The van der Waals surface area contributed by atoms with E-state index in [0.717, 1.165) is 45.6 Å². The number of anilines is 1. The first-order valence-electron chi connectivity index (χ1n) is 7.88. The van der Waals surface area contributed by atoms with Gasteiger partial charge >= 0.3 is 0 Å². The number of para-hydroxylation sites is 1. The molecular weight excluding hydrogens is 264 g/mol. The number of hydrogen-bond donors (Lipinski definition) is 1. The quantitative estimate of drug-likeness (QED) is 0.926. The third-order valence-corrected chi connectivity index (χ3v) is 4.62. The Hall–Kier alpha value is -1.55. The minimum atomic E-state index is 0.0599. The summed E-state index contributed by atoms with van der Waals surface area (Å²) in [5, 5.41) is 3.38. The van der Waals surface area contributed by atoms with Gasteiger partial charge in [-0.15, -0.1) is 0 Å². The molecule has 0 saturated carbocycles. The Bertz CT molecular complexity index is 497. The first kappa shape index (κ1) is 14.4. The molecule has 1 amide bonds. The van der Waals surface area contributed by atoms with Crippen LogP contribution in [0, 0.1) is 11.8 Å². The highest BCUT2D eigenvalue weighted by Crippen LogP contribution is 2.25. The molecule has 4 nitrogen and oxygen atoms in total. The molecule has 4 heteroatoms. The molecule has 1 N–H and O–H groups in total. The zero-order chi connectivity index (χ0) is 14.7. The molecule has 1 saturated heterocycles. The summed E-state index contributed by atoms with van der Waals surface area (Å²) in [6, 6.07) is 8.27. The maximum Gasteiger partial charge on any atom is 0.227 e. The van der Waals surface area contributed by atoms with Crippen molar-refractivity contribution in [2.45, 2.75) is 19.3 Å². The second-order valence-corrected chi connectivity index (χ2v) is 6.21. The van der Waals surface area contributed by atoms with E-state index in [1.165, 1.54) is 11.3 Å². The monoisotopic (exact) mass is 288 g/mol. The van der Waals surface area contributed by atoms with E-state index in [1.807, 2.05) is 24.1 Å². The first-order valence-corrected chi connectivity index (χ1v) is 7.88. The van der Waals surface area contributed by atoms with Crippen molar-refractivity contribution in [3.63, 3.8) is 0 Å². The molecule has 21 heavy (non-hydrogen) atoms. The van der Waals surface area contributed by atoms with E-state index in [0.29, 0.717) is 5.92 Å². The average molecular weight is 288 g/mol. The van der Waals surface area contributed by atoms with Crippen molar-refractivity contribution < 1.29 is 9.53 Å². The molecule has 0 aromatic heterocycles. The fraction of sp³-hybridized carbons (Fsp3) is 0.588. The van der Waals surface area contributed by atoms with Crippen LogP contribution in [0.25, 0.3) is 0 Å². The highest BCUT2D eigenvalue weighted by atomic mass is 16.5. The molecule has 0 radical (unpaired) electrons. The van der Waals surface area contributed by atoms with Gasteiger partial charge in [0.1, 0.15) is 0 Å².